The molecule has 1 aromatic heterocycles. The van der Waals surface area contributed by atoms with E-state index in [1.807, 2.05) is 25.0 Å². The van der Waals surface area contributed by atoms with E-state index in [9.17, 15) is 0 Å². The standard InChI is InChI=1S/C24H23NO4.C21H20NO4.C3H3.CH4.BrH.HI.Mg/c1-5-6-18-22-16(7-8-19(26-3)24(22)27-4)14(2)23-17-12-21-20(28-13-29-21)11-15(17)9-10-25(18)23;1-12-14-4-5-17(23-2)21(24-3)16(14)10-22-7-6-13-8-18-19(26-11-25-18)9-15(13)20(12)22;1-3-2;;;;/h7-8,11-12,18H,9-10,13H2,1-4H3;4-5,8-10H,6-7,11H2,1-3H3;1H3;1H4;2*1H;/q;+1;-1;;;;+2/p-2. The van der Waals surface area contributed by atoms with Crippen LogP contribution in [-0.4, -0.2) is 76.5 Å². The van der Waals surface area contributed by atoms with Crippen LogP contribution in [0, 0.1) is 31.1 Å². The van der Waals surface area contributed by atoms with Gasteiger partial charge < -0.3 is 96.1 Å². The minimum absolute atomic E-state index is 0. The van der Waals surface area contributed by atoms with Gasteiger partial charge in [0.25, 0.3) is 0 Å². The van der Waals surface area contributed by atoms with Gasteiger partial charge in [0.2, 0.25) is 19.3 Å². The van der Waals surface area contributed by atoms with Gasteiger partial charge in [0.15, 0.2) is 58.7 Å². The zero-order valence-corrected chi connectivity index (χ0v) is 40.8. The Morgan fingerprint density at radius 2 is 1.27 bits per heavy atom. The van der Waals surface area contributed by atoms with Gasteiger partial charge in [0.05, 0.1) is 39.4 Å². The summed E-state index contributed by atoms with van der Waals surface area (Å²) in [4.78, 5) is 2.39. The molecule has 0 spiro atoms. The number of nitrogens with zero attached hydrogens (tertiary/aromatic N) is 2. The van der Waals surface area contributed by atoms with Crippen LogP contribution in [0.2, 0.25) is 0 Å². The van der Waals surface area contributed by atoms with E-state index in [1.165, 1.54) is 50.2 Å². The summed E-state index contributed by atoms with van der Waals surface area (Å²) in [6.07, 6.45) is 10.0. The number of rotatable bonds is 4. The maximum absolute atomic E-state index is 5.96. The molecule has 5 aliphatic heterocycles. The van der Waals surface area contributed by atoms with Crippen LogP contribution < -0.4 is 83.4 Å². The van der Waals surface area contributed by atoms with Gasteiger partial charge in [-0.2, -0.15) is 4.57 Å². The Kier molecular flexibility index (Phi) is 17.0. The summed E-state index contributed by atoms with van der Waals surface area (Å²) in [6, 6.07) is 16.5. The van der Waals surface area contributed by atoms with Crippen LogP contribution in [0.15, 0.2) is 54.7 Å². The molecular formula is C49H50BrIMgN2O8. The molecule has 0 fully saturated rings. The number of pyridine rings is 1. The van der Waals surface area contributed by atoms with Gasteiger partial charge in [0, 0.05) is 40.7 Å². The van der Waals surface area contributed by atoms with Crippen LogP contribution in [-0.2, 0) is 19.4 Å². The molecule has 62 heavy (non-hydrogen) atoms. The van der Waals surface area contributed by atoms with Crippen molar-refractivity contribution in [1.29, 1.82) is 0 Å². The molecule has 4 aromatic carbocycles. The summed E-state index contributed by atoms with van der Waals surface area (Å²) < 4.78 is 47.2. The fourth-order valence-corrected chi connectivity index (χ4v) is 8.87. The van der Waals surface area contributed by atoms with Crippen LogP contribution >= 0.6 is 0 Å². The number of fused-ring (bicyclic) bond motifs is 10. The molecule has 0 aliphatic carbocycles. The molecule has 5 aliphatic rings. The number of allylic oxidation sites excluding steroid dienone is 1. The SMILES string of the molecule is C.CC#CC1c2c(ccc(OC)c2OC)C(C)=C2c3cc4c(cc3CCN21)OCO4.COc1ccc2c(C)c3[n+](cc2c1OC)CCc1cc2c(cc1-3)OCO2.[Br-].[C-]#CC.[I-].[Mg+2]. The molecule has 1 atom stereocenters. The summed E-state index contributed by atoms with van der Waals surface area (Å²) in [6.45, 7) is 10.1. The van der Waals surface area contributed by atoms with Crippen LogP contribution in [0.3, 0.4) is 0 Å². The van der Waals surface area contributed by atoms with Gasteiger partial charge in [-0.15, -0.1) is 5.92 Å². The number of benzene rings is 4. The fraction of sp³-hybridized carbons (Fsp3) is 0.327. The minimum Gasteiger partial charge on any atom is -1.00 e. The second-order valence-electron chi connectivity index (χ2n) is 14.3. The molecule has 10 nitrogen and oxygen atoms in total. The van der Waals surface area contributed by atoms with Crippen molar-refractivity contribution in [2.75, 3.05) is 48.6 Å². The van der Waals surface area contributed by atoms with Crippen LogP contribution in [0.5, 0.6) is 46.0 Å². The average Bonchev–Trinajstić information content (AvgIpc) is 3.91. The summed E-state index contributed by atoms with van der Waals surface area (Å²) in [5, 5.41) is 2.23. The van der Waals surface area contributed by atoms with E-state index in [0.29, 0.717) is 6.79 Å². The predicted molar refractivity (Wildman–Crippen MR) is 234 cm³/mol. The molecular weight excluding hydrogens is 976 g/mol. The van der Waals surface area contributed by atoms with E-state index in [4.69, 9.17) is 44.3 Å². The minimum atomic E-state index is -0.0997. The second kappa shape index (κ2) is 21.1. The van der Waals surface area contributed by atoms with Gasteiger partial charge in [-0.25, -0.2) is 0 Å². The van der Waals surface area contributed by atoms with Crippen molar-refractivity contribution < 1.29 is 83.4 Å². The third-order valence-corrected chi connectivity index (χ3v) is 11.4. The zero-order chi connectivity index (χ0) is 40.7. The third-order valence-electron chi connectivity index (χ3n) is 11.4. The molecule has 6 heterocycles. The predicted octanol–water partition coefficient (Wildman–Crippen LogP) is 2.52. The zero-order valence-electron chi connectivity index (χ0n) is 35.6. The molecule has 0 radical (unpaired) electrons. The third kappa shape index (κ3) is 8.53. The Morgan fingerprint density at radius 3 is 1.85 bits per heavy atom. The number of halogens is 2. The molecule has 0 bridgehead atoms. The Morgan fingerprint density at radius 1 is 0.726 bits per heavy atom. The first-order valence-corrected chi connectivity index (χ1v) is 19.2. The normalized spacial score (nSPS) is 14.6. The second-order valence-corrected chi connectivity index (χ2v) is 14.3. The van der Waals surface area contributed by atoms with E-state index in [1.54, 1.807) is 35.4 Å². The average molecular weight is 1030 g/mol. The van der Waals surface area contributed by atoms with E-state index in [2.05, 4.69) is 77.8 Å². The molecule has 1 unspecified atom stereocenters. The fourth-order valence-electron chi connectivity index (χ4n) is 8.87. The number of hydrogen-bond donors (Lipinski definition) is 0. The topological polar surface area (TPSA) is 81.0 Å². The van der Waals surface area contributed by atoms with E-state index in [-0.39, 0.29) is 84.3 Å². The summed E-state index contributed by atoms with van der Waals surface area (Å²) in [7, 11) is 6.71. The summed E-state index contributed by atoms with van der Waals surface area (Å²) in [5.74, 6) is 14.9. The Hall–Kier alpha value is -4.67. The van der Waals surface area contributed by atoms with Gasteiger partial charge in [-0.1, -0.05) is 19.4 Å². The van der Waals surface area contributed by atoms with Crippen molar-refractivity contribution >= 4 is 45.1 Å². The molecule has 13 heteroatoms. The molecule has 0 saturated heterocycles. The van der Waals surface area contributed by atoms with E-state index < -0.39 is 0 Å². The summed E-state index contributed by atoms with van der Waals surface area (Å²) >= 11 is 0. The number of hydrogen-bond acceptors (Lipinski definition) is 9. The number of ether oxygens (including phenoxy) is 8. The first kappa shape index (κ1) is 50.0. The Balaban J connectivity index is 0.000000243. The maximum Gasteiger partial charge on any atom is 2.00 e. The molecule has 5 aromatic rings. The van der Waals surface area contributed by atoms with Crippen molar-refractivity contribution in [3.63, 3.8) is 0 Å². The van der Waals surface area contributed by atoms with E-state index in [0.717, 1.165) is 88.4 Å². The Labute approximate surface area is 409 Å². The maximum atomic E-state index is 5.96. The first-order valence-electron chi connectivity index (χ1n) is 19.2. The first-order chi connectivity index (χ1) is 28.3. The van der Waals surface area contributed by atoms with Crippen molar-refractivity contribution in [2.24, 2.45) is 0 Å². The van der Waals surface area contributed by atoms with Gasteiger partial charge >= 0.3 is 23.1 Å². The van der Waals surface area contributed by atoms with Crippen LogP contribution in [0.1, 0.15) is 67.6 Å². The number of aryl methyl sites for hydroxylation is 3. The van der Waals surface area contributed by atoms with Crippen molar-refractivity contribution in [1.82, 2.24) is 4.90 Å². The van der Waals surface area contributed by atoms with E-state index >= 15 is 0 Å². The van der Waals surface area contributed by atoms with Gasteiger partial charge in [-0.3, -0.25) is 0 Å². The number of methoxy groups -OCH3 is 4. The summed E-state index contributed by atoms with van der Waals surface area (Å²) in [5.41, 5.74) is 12.1. The largest absolute Gasteiger partial charge is 2.00 e. The van der Waals surface area contributed by atoms with Crippen molar-refractivity contribution in [2.45, 2.75) is 60.5 Å². The molecule has 0 N–H and O–H groups in total. The van der Waals surface area contributed by atoms with Gasteiger partial charge in [-0.05, 0) is 98.8 Å². The molecule has 0 amide bonds. The smallest absolute Gasteiger partial charge is 1.00 e. The van der Waals surface area contributed by atoms with Crippen LogP contribution in [0.25, 0.3) is 33.3 Å². The monoisotopic (exact) mass is 1020 g/mol. The molecule has 0 saturated carbocycles. The molecule has 10 rings (SSSR count). The quantitative estimate of drug-likeness (QED) is 0.0889. The molecule has 320 valence electrons. The van der Waals surface area contributed by atoms with Crippen molar-refractivity contribution in [3.05, 3.63) is 94.5 Å². The number of aromatic nitrogens is 1. The Bertz CT molecular complexity index is 2630. The van der Waals surface area contributed by atoms with Gasteiger partial charge in [0.1, 0.15) is 6.04 Å². The van der Waals surface area contributed by atoms with Crippen LogP contribution in [0.4, 0.5) is 0 Å². The van der Waals surface area contributed by atoms with Crippen molar-refractivity contribution in [3.8, 4) is 75.0 Å².